The number of aromatic nitrogens is 1. The van der Waals surface area contributed by atoms with Gasteiger partial charge >= 0.3 is 6.18 Å². The minimum Gasteiger partial charge on any atom is -0.353 e. The van der Waals surface area contributed by atoms with Gasteiger partial charge in [-0.05, 0) is 41.8 Å². The zero-order valence-corrected chi connectivity index (χ0v) is 17.2. The molecule has 1 aliphatic heterocycles. The highest BCUT2D eigenvalue weighted by Crippen LogP contribution is 2.32. The van der Waals surface area contributed by atoms with Gasteiger partial charge in [-0.25, -0.2) is 0 Å². The maximum atomic E-state index is 13.3. The molecule has 1 N–H and O–H groups in total. The van der Waals surface area contributed by atoms with Crippen LogP contribution in [-0.2, 0) is 26.2 Å². The third-order valence-electron chi connectivity index (χ3n) is 5.86. The van der Waals surface area contributed by atoms with Gasteiger partial charge in [-0.3, -0.25) is 9.69 Å². The molecule has 0 saturated heterocycles. The van der Waals surface area contributed by atoms with Gasteiger partial charge in [0.2, 0.25) is 0 Å². The average Bonchev–Trinajstić information content (AvgIpc) is 3.18. The molecule has 4 nitrogen and oxygen atoms in total. The molecule has 0 fully saturated rings. The van der Waals surface area contributed by atoms with Crippen molar-refractivity contribution in [3.63, 3.8) is 0 Å². The number of nitrogens with one attached hydrogen (secondary N) is 1. The van der Waals surface area contributed by atoms with Crippen molar-refractivity contribution in [3.8, 4) is 0 Å². The monoisotopic (exact) mass is 427 g/mol. The Labute approximate surface area is 179 Å². The number of rotatable bonds is 5. The van der Waals surface area contributed by atoms with Crippen LogP contribution in [0.15, 0.2) is 66.9 Å². The number of halogens is 3. The van der Waals surface area contributed by atoms with Crippen LogP contribution < -0.4 is 5.32 Å². The summed E-state index contributed by atoms with van der Waals surface area (Å²) in [6.07, 6.45) is -1.76. The maximum Gasteiger partial charge on any atom is 0.417 e. The lowest BCUT2D eigenvalue weighted by molar-refractivity contribution is -0.137. The topological polar surface area (TPSA) is 37.3 Å². The van der Waals surface area contributed by atoms with E-state index in [9.17, 15) is 18.0 Å². The van der Waals surface area contributed by atoms with Crippen molar-refractivity contribution in [1.29, 1.82) is 0 Å². The molecule has 0 saturated carbocycles. The van der Waals surface area contributed by atoms with Crippen LogP contribution in [0.3, 0.4) is 0 Å². The number of fused-ring (bicyclic) bond motifs is 1. The van der Waals surface area contributed by atoms with Crippen LogP contribution in [0, 0.1) is 0 Å². The van der Waals surface area contributed by atoms with Gasteiger partial charge in [0.1, 0.15) is 0 Å². The van der Waals surface area contributed by atoms with Gasteiger partial charge < -0.3 is 9.88 Å². The summed E-state index contributed by atoms with van der Waals surface area (Å²) in [5.41, 5.74) is 2.28. The third-order valence-corrected chi connectivity index (χ3v) is 5.86. The Morgan fingerprint density at radius 2 is 1.74 bits per heavy atom. The fourth-order valence-electron chi connectivity index (χ4n) is 4.24. The van der Waals surface area contributed by atoms with E-state index in [-0.39, 0.29) is 18.2 Å². The fourth-order valence-corrected chi connectivity index (χ4v) is 4.24. The molecule has 1 aliphatic rings. The minimum atomic E-state index is -4.58. The van der Waals surface area contributed by atoms with Gasteiger partial charge in [0, 0.05) is 38.6 Å². The van der Waals surface area contributed by atoms with Crippen LogP contribution >= 0.6 is 0 Å². The van der Waals surface area contributed by atoms with Crippen LogP contribution in [0.5, 0.6) is 0 Å². The first-order valence-corrected chi connectivity index (χ1v) is 10.2. The van der Waals surface area contributed by atoms with Gasteiger partial charge in [-0.1, -0.05) is 36.4 Å². The first kappa shape index (κ1) is 21.2. The summed E-state index contributed by atoms with van der Waals surface area (Å²) >= 11 is 0. The van der Waals surface area contributed by atoms with Crippen molar-refractivity contribution >= 4 is 5.91 Å². The molecule has 0 aliphatic carbocycles. The molecule has 1 unspecified atom stereocenters. The van der Waals surface area contributed by atoms with E-state index in [1.165, 1.54) is 29.3 Å². The van der Waals surface area contributed by atoms with Crippen molar-refractivity contribution in [2.75, 3.05) is 13.1 Å². The third kappa shape index (κ3) is 4.51. The number of alkyl halides is 3. The molecule has 0 radical (unpaired) electrons. The molecule has 2 heterocycles. The van der Waals surface area contributed by atoms with E-state index < -0.39 is 17.6 Å². The number of hydrogen-bond acceptors (Lipinski definition) is 2. The second-order valence-electron chi connectivity index (χ2n) is 7.80. The second kappa shape index (κ2) is 8.59. The summed E-state index contributed by atoms with van der Waals surface area (Å²) in [6.45, 7) is 1.74. The number of carbonyl (C=O) groups is 1. The molecule has 2 aromatic carbocycles. The molecule has 3 aromatic rings. The van der Waals surface area contributed by atoms with E-state index in [1.807, 2.05) is 42.1 Å². The Hall–Kier alpha value is -3.06. The number of hydrogen-bond donors (Lipinski definition) is 1. The Morgan fingerprint density at radius 3 is 2.45 bits per heavy atom. The van der Waals surface area contributed by atoms with E-state index in [4.69, 9.17) is 0 Å². The van der Waals surface area contributed by atoms with Crippen LogP contribution in [0.1, 0.15) is 38.8 Å². The molecule has 7 heteroatoms. The molecule has 0 bridgehead atoms. The quantitative estimate of drug-likeness (QED) is 0.648. The summed E-state index contributed by atoms with van der Waals surface area (Å²) in [5, 5.41) is 2.75. The molecule has 1 atom stereocenters. The summed E-state index contributed by atoms with van der Waals surface area (Å²) in [6, 6.07) is 16.9. The summed E-state index contributed by atoms with van der Waals surface area (Å²) in [5.74, 6) is -0.718. The van der Waals surface area contributed by atoms with Crippen molar-refractivity contribution in [1.82, 2.24) is 14.8 Å². The summed E-state index contributed by atoms with van der Waals surface area (Å²) in [4.78, 5) is 15.0. The Morgan fingerprint density at radius 1 is 1.03 bits per heavy atom. The van der Waals surface area contributed by atoms with Gasteiger partial charge in [-0.15, -0.1) is 0 Å². The molecular weight excluding hydrogens is 403 g/mol. The van der Waals surface area contributed by atoms with E-state index in [0.29, 0.717) is 0 Å². The van der Waals surface area contributed by atoms with Crippen LogP contribution in [-0.4, -0.2) is 28.5 Å². The Balaban J connectivity index is 1.56. The number of aryl methyl sites for hydroxylation is 1. The number of amides is 1. The van der Waals surface area contributed by atoms with Crippen molar-refractivity contribution in [2.45, 2.75) is 25.2 Å². The van der Waals surface area contributed by atoms with Crippen LogP contribution in [0.4, 0.5) is 13.2 Å². The van der Waals surface area contributed by atoms with Crippen molar-refractivity contribution in [2.24, 2.45) is 7.05 Å². The smallest absolute Gasteiger partial charge is 0.353 e. The number of nitrogens with zero attached hydrogens (tertiary/aromatic N) is 2. The van der Waals surface area contributed by atoms with Crippen LogP contribution in [0.2, 0.25) is 0 Å². The molecule has 4 rings (SSSR count). The Kier molecular flexibility index (Phi) is 5.87. The lowest BCUT2D eigenvalue weighted by Gasteiger charge is -2.36. The van der Waals surface area contributed by atoms with Gasteiger partial charge in [0.25, 0.3) is 5.91 Å². The minimum absolute atomic E-state index is 0.157. The van der Waals surface area contributed by atoms with E-state index in [2.05, 4.69) is 22.3 Å². The average molecular weight is 427 g/mol. The van der Waals surface area contributed by atoms with Crippen molar-refractivity contribution in [3.05, 3.63) is 94.8 Å². The van der Waals surface area contributed by atoms with E-state index in [0.717, 1.165) is 31.3 Å². The van der Waals surface area contributed by atoms with Gasteiger partial charge in [0.05, 0.1) is 17.2 Å². The van der Waals surface area contributed by atoms with Crippen LogP contribution in [0.25, 0.3) is 0 Å². The van der Waals surface area contributed by atoms with Crippen molar-refractivity contribution < 1.29 is 18.0 Å². The highest BCUT2D eigenvalue weighted by molar-refractivity contribution is 5.95. The SMILES string of the molecule is Cn1cccc1C(CNC(=O)c1ccccc1C(F)(F)F)N1CCc2ccccc2C1. The second-order valence-corrected chi connectivity index (χ2v) is 7.80. The first-order chi connectivity index (χ1) is 14.8. The maximum absolute atomic E-state index is 13.3. The molecule has 1 amide bonds. The molecule has 1 aromatic heterocycles. The standard InChI is InChI=1S/C24H24F3N3O/c1-29-13-6-11-21(29)22(30-14-12-17-7-2-3-8-18(17)16-30)15-28-23(31)19-9-4-5-10-20(19)24(25,26)27/h2-11,13,22H,12,14-16H2,1H3,(H,28,31). The highest BCUT2D eigenvalue weighted by atomic mass is 19.4. The molecule has 31 heavy (non-hydrogen) atoms. The lowest BCUT2D eigenvalue weighted by Crippen LogP contribution is -2.41. The van der Waals surface area contributed by atoms with E-state index in [1.54, 1.807) is 0 Å². The number of benzene rings is 2. The largest absolute Gasteiger partial charge is 0.417 e. The number of carbonyl (C=O) groups excluding carboxylic acids is 1. The predicted octanol–water partition coefficient (Wildman–Crippen LogP) is 4.57. The first-order valence-electron chi connectivity index (χ1n) is 10.2. The fraction of sp³-hybridized carbons (Fsp3) is 0.292. The summed E-state index contributed by atoms with van der Waals surface area (Å²) < 4.78 is 42.0. The zero-order valence-electron chi connectivity index (χ0n) is 17.2. The Bertz CT molecular complexity index is 1070. The summed E-state index contributed by atoms with van der Waals surface area (Å²) in [7, 11) is 1.93. The molecule has 162 valence electrons. The van der Waals surface area contributed by atoms with Gasteiger partial charge in [-0.2, -0.15) is 13.2 Å². The van der Waals surface area contributed by atoms with E-state index >= 15 is 0 Å². The molecular formula is C24H24F3N3O. The molecule has 0 spiro atoms. The lowest BCUT2D eigenvalue weighted by atomic mass is 9.97. The normalized spacial score (nSPS) is 15.4. The highest BCUT2D eigenvalue weighted by Gasteiger charge is 2.35. The van der Waals surface area contributed by atoms with Gasteiger partial charge in [0.15, 0.2) is 0 Å². The predicted molar refractivity (Wildman–Crippen MR) is 112 cm³/mol. The zero-order chi connectivity index (χ0) is 22.0.